The van der Waals surface area contributed by atoms with Crippen molar-refractivity contribution in [2.75, 3.05) is 6.61 Å². The van der Waals surface area contributed by atoms with E-state index in [2.05, 4.69) is 0 Å². The van der Waals surface area contributed by atoms with Crippen LogP contribution in [0.15, 0.2) is 18.2 Å². The van der Waals surface area contributed by atoms with Gasteiger partial charge < -0.3 is 20.4 Å². The van der Waals surface area contributed by atoms with Crippen LogP contribution in [0.2, 0.25) is 0 Å². The Hall–Kier alpha value is -1.43. The van der Waals surface area contributed by atoms with E-state index in [-0.39, 0.29) is 22.7 Å². The SMILES string of the molecule is CC(=O)c1cc(C(O)C(O)CO)ccc1O. The number of aliphatic hydroxyl groups is 3. The topological polar surface area (TPSA) is 98.0 Å². The summed E-state index contributed by atoms with van der Waals surface area (Å²) in [6, 6.07) is 3.94. The molecule has 1 aromatic carbocycles. The number of ketones is 1. The normalized spacial score (nSPS) is 14.5. The monoisotopic (exact) mass is 226 g/mol. The largest absolute Gasteiger partial charge is 0.507 e. The Morgan fingerprint density at radius 3 is 2.50 bits per heavy atom. The van der Waals surface area contributed by atoms with E-state index in [0.717, 1.165) is 0 Å². The highest BCUT2D eigenvalue weighted by Crippen LogP contribution is 2.24. The van der Waals surface area contributed by atoms with Gasteiger partial charge in [0.2, 0.25) is 0 Å². The summed E-state index contributed by atoms with van der Waals surface area (Å²) in [4.78, 5) is 11.1. The van der Waals surface area contributed by atoms with E-state index in [4.69, 9.17) is 5.11 Å². The van der Waals surface area contributed by atoms with Crippen LogP contribution >= 0.6 is 0 Å². The molecule has 0 saturated heterocycles. The molecule has 0 saturated carbocycles. The van der Waals surface area contributed by atoms with E-state index in [1.165, 1.54) is 25.1 Å². The summed E-state index contributed by atoms with van der Waals surface area (Å²) in [5, 5.41) is 36.9. The summed E-state index contributed by atoms with van der Waals surface area (Å²) in [7, 11) is 0. The van der Waals surface area contributed by atoms with Crippen molar-refractivity contribution < 1.29 is 25.2 Å². The van der Waals surface area contributed by atoms with E-state index in [1.54, 1.807) is 0 Å². The average Bonchev–Trinajstić information content (AvgIpc) is 2.27. The molecule has 0 fully saturated rings. The maximum absolute atomic E-state index is 11.1. The van der Waals surface area contributed by atoms with Gasteiger partial charge in [-0.05, 0) is 24.6 Å². The third kappa shape index (κ3) is 2.57. The molecule has 16 heavy (non-hydrogen) atoms. The molecule has 0 aliphatic carbocycles. The number of carbonyl (C=O) groups excluding carboxylic acids is 1. The number of aromatic hydroxyl groups is 1. The average molecular weight is 226 g/mol. The predicted octanol–water partition coefficient (Wildman–Crippen LogP) is -0.0186. The lowest BCUT2D eigenvalue weighted by Crippen LogP contribution is -2.22. The van der Waals surface area contributed by atoms with Crippen LogP contribution in [-0.2, 0) is 0 Å². The Balaban J connectivity index is 3.07. The number of Topliss-reactive ketones (excluding diaryl/α,β-unsaturated/α-hetero) is 1. The number of phenols is 1. The van der Waals surface area contributed by atoms with Crippen LogP contribution in [0.5, 0.6) is 5.75 Å². The number of phenolic OH excluding ortho intramolecular Hbond substituents is 1. The predicted molar refractivity (Wildman–Crippen MR) is 56.2 cm³/mol. The van der Waals surface area contributed by atoms with Gasteiger partial charge in [0.05, 0.1) is 12.2 Å². The smallest absolute Gasteiger partial charge is 0.163 e. The first kappa shape index (κ1) is 12.6. The summed E-state index contributed by atoms with van der Waals surface area (Å²) >= 11 is 0. The molecule has 1 aromatic rings. The Labute approximate surface area is 92.6 Å². The fraction of sp³-hybridized carbons (Fsp3) is 0.364. The van der Waals surface area contributed by atoms with Gasteiger partial charge in [0.25, 0.3) is 0 Å². The van der Waals surface area contributed by atoms with Gasteiger partial charge in [0.1, 0.15) is 18.0 Å². The zero-order valence-electron chi connectivity index (χ0n) is 8.79. The second-order valence-electron chi connectivity index (χ2n) is 3.53. The highest BCUT2D eigenvalue weighted by atomic mass is 16.4. The number of hydrogen-bond acceptors (Lipinski definition) is 5. The first-order valence-electron chi connectivity index (χ1n) is 4.78. The summed E-state index contributed by atoms with van der Waals surface area (Å²) in [5.41, 5.74) is 0.339. The molecular formula is C11H14O5. The maximum atomic E-state index is 11.1. The molecule has 0 bridgehead atoms. The zero-order chi connectivity index (χ0) is 12.3. The molecule has 88 valence electrons. The molecule has 0 heterocycles. The van der Waals surface area contributed by atoms with Crippen LogP contribution in [0.1, 0.15) is 28.9 Å². The zero-order valence-corrected chi connectivity index (χ0v) is 8.79. The molecule has 4 N–H and O–H groups in total. The molecule has 1 rings (SSSR count). The van der Waals surface area contributed by atoms with E-state index >= 15 is 0 Å². The quantitative estimate of drug-likeness (QED) is 0.541. The molecule has 0 aliphatic heterocycles. The van der Waals surface area contributed by atoms with Gasteiger partial charge in [-0.25, -0.2) is 0 Å². The van der Waals surface area contributed by atoms with Gasteiger partial charge in [0, 0.05) is 0 Å². The third-order valence-electron chi connectivity index (χ3n) is 2.29. The Morgan fingerprint density at radius 1 is 1.38 bits per heavy atom. The lowest BCUT2D eigenvalue weighted by molar-refractivity contribution is -0.0152. The molecule has 0 aliphatic rings. The Bertz CT molecular complexity index is 388. The van der Waals surface area contributed by atoms with Gasteiger partial charge in [-0.2, -0.15) is 0 Å². The maximum Gasteiger partial charge on any atom is 0.163 e. The highest BCUT2D eigenvalue weighted by Gasteiger charge is 2.19. The minimum atomic E-state index is -1.32. The summed E-state index contributed by atoms with van der Waals surface area (Å²) in [6.45, 7) is 0.700. The molecule has 5 heteroatoms. The standard InChI is InChI=1S/C11H14O5/c1-6(13)8-4-7(2-3-9(8)14)11(16)10(15)5-12/h2-4,10-12,14-16H,5H2,1H3. The van der Waals surface area contributed by atoms with Gasteiger partial charge in [0.15, 0.2) is 5.78 Å². The first-order chi connectivity index (χ1) is 7.47. The van der Waals surface area contributed by atoms with Crippen molar-refractivity contribution >= 4 is 5.78 Å². The number of aliphatic hydroxyl groups excluding tert-OH is 3. The third-order valence-corrected chi connectivity index (χ3v) is 2.29. The van der Waals surface area contributed by atoms with Gasteiger partial charge >= 0.3 is 0 Å². The van der Waals surface area contributed by atoms with E-state index in [1.807, 2.05) is 0 Å². The van der Waals surface area contributed by atoms with Crippen LogP contribution in [0.4, 0.5) is 0 Å². The van der Waals surface area contributed by atoms with Crippen LogP contribution in [0.25, 0.3) is 0 Å². The van der Waals surface area contributed by atoms with Crippen molar-refractivity contribution in [3.05, 3.63) is 29.3 Å². The fourth-order valence-corrected chi connectivity index (χ4v) is 1.34. The minimum Gasteiger partial charge on any atom is -0.507 e. The van der Waals surface area contributed by atoms with Crippen molar-refractivity contribution in [3.8, 4) is 5.75 Å². The highest BCUT2D eigenvalue weighted by molar-refractivity contribution is 5.96. The van der Waals surface area contributed by atoms with E-state index in [9.17, 15) is 20.1 Å². The second kappa shape index (κ2) is 5.07. The van der Waals surface area contributed by atoms with Crippen molar-refractivity contribution in [2.24, 2.45) is 0 Å². The van der Waals surface area contributed by atoms with Crippen LogP contribution in [0, 0.1) is 0 Å². The van der Waals surface area contributed by atoms with Crippen molar-refractivity contribution in [3.63, 3.8) is 0 Å². The second-order valence-corrected chi connectivity index (χ2v) is 3.53. The van der Waals surface area contributed by atoms with Gasteiger partial charge in [-0.3, -0.25) is 4.79 Å². The molecule has 2 unspecified atom stereocenters. The molecule has 0 aromatic heterocycles. The number of benzene rings is 1. The lowest BCUT2D eigenvalue weighted by Gasteiger charge is -2.16. The number of hydrogen-bond donors (Lipinski definition) is 4. The number of carbonyl (C=O) groups is 1. The molecular weight excluding hydrogens is 212 g/mol. The molecule has 0 radical (unpaired) electrons. The van der Waals surface area contributed by atoms with Gasteiger partial charge in [-0.1, -0.05) is 6.07 Å². The van der Waals surface area contributed by atoms with E-state index < -0.39 is 18.8 Å². The lowest BCUT2D eigenvalue weighted by atomic mass is 10.00. The summed E-state index contributed by atoms with van der Waals surface area (Å²) in [5.74, 6) is -0.521. The molecule has 2 atom stereocenters. The Kier molecular flexibility index (Phi) is 4.00. The van der Waals surface area contributed by atoms with Gasteiger partial charge in [-0.15, -0.1) is 0 Å². The Morgan fingerprint density at radius 2 is 2.00 bits per heavy atom. The van der Waals surface area contributed by atoms with Crippen molar-refractivity contribution in [1.82, 2.24) is 0 Å². The summed E-state index contributed by atoms with van der Waals surface area (Å²) < 4.78 is 0. The molecule has 0 amide bonds. The molecule has 0 spiro atoms. The van der Waals surface area contributed by atoms with E-state index in [0.29, 0.717) is 0 Å². The fourth-order valence-electron chi connectivity index (χ4n) is 1.34. The van der Waals surface area contributed by atoms with Crippen LogP contribution in [-0.4, -0.2) is 38.9 Å². The van der Waals surface area contributed by atoms with Crippen LogP contribution < -0.4 is 0 Å². The summed E-state index contributed by atoms with van der Waals surface area (Å²) in [6.07, 6.45) is -2.60. The first-order valence-corrected chi connectivity index (χ1v) is 4.78. The molecule has 5 nitrogen and oxygen atoms in total. The van der Waals surface area contributed by atoms with Crippen molar-refractivity contribution in [1.29, 1.82) is 0 Å². The van der Waals surface area contributed by atoms with Crippen LogP contribution in [0.3, 0.4) is 0 Å². The minimum absolute atomic E-state index is 0.0710. The number of rotatable bonds is 4. The van der Waals surface area contributed by atoms with Crippen molar-refractivity contribution in [2.45, 2.75) is 19.1 Å².